The van der Waals surface area contributed by atoms with Crippen LogP contribution in [0.15, 0.2) is 52.4 Å². The lowest BCUT2D eigenvalue weighted by molar-refractivity contribution is 0.230. The fourth-order valence-corrected chi connectivity index (χ4v) is 2.61. The van der Waals surface area contributed by atoms with Crippen molar-refractivity contribution in [2.75, 3.05) is 19.6 Å². The third-order valence-electron chi connectivity index (χ3n) is 3.99. The molecule has 0 aliphatic rings. The number of H-pyrrole nitrogens is 1. The van der Waals surface area contributed by atoms with Crippen LogP contribution in [-0.2, 0) is 0 Å². The molecule has 0 atom stereocenters. The highest BCUT2D eigenvalue weighted by Crippen LogP contribution is 2.28. The Labute approximate surface area is 173 Å². The summed E-state index contributed by atoms with van der Waals surface area (Å²) in [5, 5.41) is 12.0. The van der Waals surface area contributed by atoms with Gasteiger partial charge in [-0.05, 0) is 61.9 Å². The van der Waals surface area contributed by atoms with Gasteiger partial charge >= 0.3 is 0 Å². The number of nitrogens with one attached hydrogen (secondary N) is 2. The molecule has 9 nitrogen and oxygen atoms in total. The molecular weight excluding hydrogens is 386 g/mol. The lowest BCUT2D eigenvalue weighted by Crippen LogP contribution is -2.15. The van der Waals surface area contributed by atoms with Crippen molar-refractivity contribution in [1.29, 1.82) is 0 Å². The summed E-state index contributed by atoms with van der Waals surface area (Å²) in [6, 6.07) is 12.4. The van der Waals surface area contributed by atoms with E-state index in [1.165, 1.54) is 0 Å². The van der Waals surface area contributed by atoms with E-state index in [1.54, 1.807) is 50.8 Å². The molecular formula is C21H23N5O4. The van der Waals surface area contributed by atoms with Gasteiger partial charge in [0.2, 0.25) is 5.95 Å². The van der Waals surface area contributed by atoms with Crippen molar-refractivity contribution in [2.24, 2.45) is 5.10 Å². The zero-order valence-corrected chi connectivity index (χ0v) is 17.2. The van der Waals surface area contributed by atoms with Gasteiger partial charge in [0, 0.05) is 5.56 Å². The molecule has 0 saturated carbocycles. The Morgan fingerprint density at radius 2 is 1.80 bits per heavy atom. The summed E-state index contributed by atoms with van der Waals surface area (Å²) in [5.41, 5.74) is 3.90. The van der Waals surface area contributed by atoms with Gasteiger partial charge in [0.05, 0.1) is 26.5 Å². The molecule has 0 radical (unpaired) electrons. The van der Waals surface area contributed by atoms with Crippen LogP contribution < -0.4 is 25.2 Å². The predicted molar refractivity (Wildman–Crippen MR) is 115 cm³/mol. The monoisotopic (exact) mass is 409 g/mol. The zero-order valence-electron chi connectivity index (χ0n) is 17.2. The highest BCUT2D eigenvalue weighted by atomic mass is 16.5. The first-order valence-corrected chi connectivity index (χ1v) is 9.25. The number of hydrogen-bond donors (Lipinski definition) is 2. The maximum atomic E-state index is 12.3. The smallest absolute Gasteiger partial charge is 0.279 e. The van der Waals surface area contributed by atoms with Crippen LogP contribution in [0.2, 0.25) is 0 Å². The molecule has 3 rings (SSSR count). The van der Waals surface area contributed by atoms with Crippen molar-refractivity contribution >= 4 is 12.2 Å². The molecule has 1 aromatic heterocycles. The summed E-state index contributed by atoms with van der Waals surface area (Å²) in [7, 11) is 3.15. The first kappa shape index (κ1) is 20.8. The Morgan fingerprint density at radius 3 is 2.43 bits per heavy atom. The number of hydrogen-bond acceptors (Lipinski definition) is 8. The molecule has 0 fully saturated rings. The Balaban J connectivity index is 1.70. The molecule has 0 aliphatic heterocycles. The maximum absolute atomic E-state index is 12.3. The van der Waals surface area contributed by atoms with Crippen molar-refractivity contribution in [1.82, 2.24) is 15.2 Å². The van der Waals surface area contributed by atoms with E-state index >= 15 is 0 Å². The van der Waals surface area contributed by atoms with Gasteiger partial charge in [0.25, 0.3) is 5.56 Å². The number of ether oxygens (including phenoxy) is 3. The lowest BCUT2D eigenvalue weighted by Gasteiger charge is -2.13. The van der Waals surface area contributed by atoms with Gasteiger partial charge < -0.3 is 14.2 Å². The molecule has 0 spiro atoms. The quantitative estimate of drug-likeness (QED) is 0.434. The summed E-state index contributed by atoms with van der Waals surface area (Å²) in [5.74, 6) is 2.07. The van der Waals surface area contributed by atoms with Crippen LogP contribution >= 0.6 is 0 Å². The zero-order chi connectivity index (χ0) is 21.5. The summed E-state index contributed by atoms with van der Waals surface area (Å²) in [4.78, 5) is 14.9. The van der Waals surface area contributed by atoms with Crippen molar-refractivity contribution in [2.45, 2.75) is 20.0 Å². The van der Waals surface area contributed by atoms with Crippen LogP contribution in [0.1, 0.15) is 19.4 Å². The number of hydrazone groups is 1. The van der Waals surface area contributed by atoms with Crippen molar-refractivity contribution in [3.63, 3.8) is 0 Å². The third-order valence-corrected chi connectivity index (χ3v) is 3.99. The van der Waals surface area contributed by atoms with E-state index in [2.05, 4.69) is 25.7 Å². The number of nitrogens with zero attached hydrogens (tertiary/aromatic N) is 3. The molecule has 0 amide bonds. The number of methoxy groups -OCH3 is 2. The molecule has 3 aromatic rings. The Morgan fingerprint density at radius 1 is 1.03 bits per heavy atom. The van der Waals surface area contributed by atoms with E-state index in [4.69, 9.17) is 14.2 Å². The summed E-state index contributed by atoms with van der Waals surface area (Å²) in [6.45, 7) is 3.89. The molecule has 0 unspecified atom stereocenters. The second-order valence-electron chi connectivity index (χ2n) is 6.53. The second-order valence-corrected chi connectivity index (χ2v) is 6.53. The van der Waals surface area contributed by atoms with Crippen molar-refractivity contribution in [3.8, 4) is 28.5 Å². The molecule has 2 N–H and O–H groups in total. The highest BCUT2D eigenvalue weighted by molar-refractivity contribution is 5.81. The molecule has 0 aliphatic carbocycles. The van der Waals surface area contributed by atoms with E-state index in [9.17, 15) is 4.79 Å². The van der Waals surface area contributed by atoms with E-state index in [0.29, 0.717) is 22.8 Å². The van der Waals surface area contributed by atoms with Crippen LogP contribution in [0.25, 0.3) is 11.3 Å². The van der Waals surface area contributed by atoms with Crippen LogP contribution in [0.4, 0.5) is 5.95 Å². The number of benzene rings is 2. The summed E-state index contributed by atoms with van der Waals surface area (Å²) >= 11 is 0. The molecule has 9 heteroatoms. The first-order valence-electron chi connectivity index (χ1n) is 9.25. The molecule has 0 bridgehead atoms. The maximum Gasteiger partial charge on any atom is 0.279 e. The van der Waals surface area contributed by atoms with Crippen LogP contribution in [0, 0.1) is 0 Å². The van der Waals surface area contributed by atoms with Crippen molar-refractivity contribution < 1.29 is 14.2 Å². The Hall–Kier alpha value is -3.88. The van der Waals surface area contributed by atoms with Gasteiger partial charge in [-0.25, -0.2) is 5.43 Å². The topological polar surface area (TPSA) is 111 Å². The molecule has 156 valence electrons. The number of aromatic nitrogens is 3. The summed E-state index contributed by atoms with van der Waals surface area (Å²) < 4.78 is 16.2. The largest absolute Gasteiger partial charge is 0.497 e. The predicted octanol–water partition coefficient (Wildman–Crippen LogP) is 3.08. The van der Waals surface area contributed by atoms with Gasteiger partial charge in [0.1, 0.15) is 5.75 Å². The van der Waals surface area contributed by atoms with Gasteiger partial charge in [-0.15, -0.1) is 10.2 Å². The fourth-order valence-electron chi connectivity index (χ4n) is 2.61. The Kier molecular flexibility index (Phi) is 6.63. The molecule has 1 heterocycles. The van der Waals surface area contributed by atoms with Crippen LogP contribution in [0.5, 0.6) is 17.2 Å². The average molecular weight is 409 g/mol. The number of anilines is 1. The number of rotatable bonds is 8. The first-order chi connectivity index (χ1) is 14.5. The lowest BCUT2D eigenvalue weighted by atomic mass is 10.1. The van der Waals surface area contributed by atoms with E-state index in [0.717, 1.165) is 5.56 Å². The number of aromatic amines is 1. The van der Waals surface area contributed by atoms with Gasteiger partial charge in [-0.1, -0.05) is 0 Å². The molecule has 30 heavy (non-hydrogen) atoms. The fraction of sp³-hybridized carbons (Fsp3) is 0.238. The van der Waals surface area contributed by atoms with Crippen LogP contribution in [0.3, 0.4) is 0 Å². The van der Waals surface area contributed by atoms with Gasteiger partial charge in [0.15, 0.2) is 17.2 Å². The molecule has 2 aromatic carbocycles. The Bertz CT molecular complexity index is 1080. The minimum atomic E-state index is -0.385. The summed E-state index contributed by atoms with van der Waals surface area (Å²) in [6.07, 6.45) is 1.61. The normalized spacial score (nSPS) is 11.0. The van der Waals surface area contributed by atoms with E-state index in [-0.39, 0.29) is 23.3 Å². The van der Waals surface area contributed by atoms with E-state index < -0.39 is 0 Å². The highest BCUT2D eigenvalue weighted by Gasteiger charge is 2.08. The minimum Gasteiger partial charge on any atom is -0.497 e. The minimum absolute atomic E-state index is 0.0383. The molecule has 0 saturated heterocycles. The van der Waals surface area contributed by atoms with E-state index in [1.807, 2.05) is 26.0 Å². The third kappa shape index (κ3) is 5.13. The van der Waals surface area contributed by atoms with Crippen LogP contribution in [-0.4, -0.2) is 41.7 Å². The average Bonchev–Trinajstić information content (AvgIpc) is 2.74. The van der Waals surface area contributed by atoms with Crippen molar-refractivity contribution in [3.05, 3.63) is 58.4 Å². The van der Waals surface area contributed by atoms with Gasteiger partial charge in [-0.3, -0.25) is 9.78 Å². The van der Waals surface area contributed by atoms with Gasteiger partial charge in [-0.2, -0.15) is 5.10 Å². The SMILES string of the molecule is COc1ccc(-c2nnc(N/N=C/c3ccc(OC(C)C)c(OC)c3)[nH]c2=O)cc1. The standard InChI is InChI=1S/C21H23N5O4/c1-13(2)30-17-10-5-14(11-18(17)29-4)12-22-25-21-23-20(27)19(24-26-21)15-6-8-16(28-3)9-7-15/h5-13H,1-4H3,(H2,23,25,26,27)/b22-12+. The second kappa shape index (κ2) is 9.55.